The number of hydrogen-bond donors (Lipinski definition) is 1. The molecule has 8 heteroatoms. The molecular formula is C19H19BrN6O. The fourth-order valence-electron chi connectivity index (χ4n) is 3.10. The van der Waals surface area contributed by atoms with Crippen molar-refractivity contribution in [1.29, 1.82) is 0 Å². The van der Waals surface area contributed by atoms with Gasteiger partial charge in [-0.15, -0.1) is 0 Å². The second-order valence-corrected chi connectivity index (χ2v) is 7.33. The number of nitrogens with zero attached hydrogens (tertiary/aromatic N) is 5. The van der Waals surface area contributed by atoms with Crippen LogP contribution in [0.25, 0.3) is 5.82 Å². The Hall–Kier alpha value is -2.74. The first kappa shape index (κ1) is 17.7. The van der Waals surface area contributed by atoms with E-state index in [0.717, 1.165) is 23.4 Å². The minimum absolute atomic E-state index is 0.267. The van der Waals surface area contributed by atoms with Gasteiger partial charge in [-0.3, -0.25) is 9.36 Å². The Morgan fingerprint density at radius 3 is 2.67 bits per heavy atom. The van der Waals surface area contributed by atoms with Gasteiger partial charge in [0.15, 0.2) is 0 Å². The van der Waals surface area contributed by atoms with Gasteiger partial charge in [-0.2, -0.15) is 0 Å². The summed E-state index contributed by atoms with van der Waals surface area (Å²) in [6.45, 7) is 2.03. The molecule has 1 amide bonds. The Morgan fingerprint density at radius 2 is 1.85 bits per heavy atom. The van der Waals surface area contributed by atoms with Gasteiger partial charge in [-0.1, -0.05) is 22.0 Å². The summed E-state index contributed by atoms with van der Waals surface area (Å²) in [5.41, 5.74) is 1.03. The predicted octanol–water partition coefficient (Wildman–Crippen LogP) is 3.67. The van der Waals surface area contributed by atoms with Crippen molar-refractivity contribution in [2.75, 3.05) is 23.3 Å². The molecule has 0 spiro atoms. The maximum Gasteiger partial charge on any atom is 0.275 e. The third-order valence-corrected chi connectivity index (χ3v) is 4.97. The number of amides is 1. The number of imidazole rings is 1. The van der Waals surface area contributed by atoms with E-state index in [1.807, 2.05) is 30.3 Å². The molecule has 0 radical (unpaired) electrons. The number of hydrogen-bond acceptors (Lipinski definition) is 5. The van der Waals surface area contributed by atoms with Crippen molar-refractivity contribution in [2.24, 2.45) is 0 Å². The zero-order valence-corrected chi connectivity index (χ0v) is 16.3. The van der Waals surface area contributed by atoms with Crippen molar-refractivity contribution in [1.82, 2.24) is 19.5 Å². The first-order valence-corrected chi connectivity index (χ1v) is 9.66. The van der Waals surface area contributed by atoms with E-state index in [1.165, 1.54) is 19.3 Å². The van der Waals surface area contributed by atoms with E-state index in [9.17, 15) is 4.79 Å². The molecule has 1 aromatic carbocycles. The highest BCUT2D eigenvalue weighted by molar-refractivity contribution is 9.10. The number of nitrogens with one attached hydrogen (secondary N) is 1. The standard InChI is InChI=1S/C19H19BrN6O/c20-14-5-4-6-15(9-14)24-19(27)16-11-26(13-23-16)18-10-17(21-12-22-18)25-7-2-1-3-8-25/h4-6,9-13H,1-3,7-8H2,(H,24,27). The number of benzene rings is 1. The zero-order valence-electron chi connectivity index (χ0n) is 14.7. The van der Waals surface area contributed by atoms with Gasteiger partial charge < -0.3 is 10.2 Å². The van der Waals surface area contributed by atoms with Crippen LogP contribution < -0.4 is 10.2 Å². The third kappa shape index (κ3) is 4.16. The lowest BCUT2D eigenvalue weighted by Gasteiger charge is -2.27. The van der Waals surface area contributed by atoms with Crippen LogP contribution in [0.5, 0.6) is 0 Å². The lowest BCUT2D eigenvalue weighted by molar-refractivity contribution is 0.102. The highest BCUT2D eigenvalue weighted by Gasteiger charge is 2.15. The van der Waals surface area contributed by atoms with E-state index in [4.69, 9.17) is 0 Å². The van der Waals surface area contributed by atoms with Crippen LogP contribution in [0.3, 0.4) is 0 Å². The van der Waals surface area contributed by atoms with Crippen LogP contribution in [0, 0.1) is 0 Å². The molecule has 3 heterocycles. The minimum atomic E-state index is -0.267. The topological polar surface area (TPSA) is 75.9 Å². The average molecular weight is 427 g/mol. The Balaban J connectivity index is 1.51. The molecule has 2 aromatic heterocycles. The molecule has 0 atom stereocenters. The molecule has 1 saturated heterocycles. The Kier molecular flexibility index (Phi) is 5.15. The number of carbonyl (C=O) groups excluding carboxylic acids is 1. The number of aromatic nitrogens is 4. The van der Waals surface area contributed by atoms with Crippen molar-refractivity contribution in [2.45, 2.75) is 19.3 Å². The summed E-state index contributed by atoms with van der Waals surface area (Å²) in [4.78, 5) is 27.6. The lowest BCUT2D eigenvalue weighted by atomic mass is 10.1. The summed E-state index contributed by atoms with van der Waals surface area (Å²) in [7, 11) is 0. The Morgan fingerprint density at radius 1 is 1.04 bits per heavy atom. The third-order valence-electron chi connectivity index (χ3n) is 4.48. The molecule has 0 bridgehead atoms. The summed E-state index contributed by atoms with van der Waals surface area (Å²) in [6, 6.07) is 9.36. The van der Waals surface area contributed by atoms with Crippen LogP contribution >= 0.6 is 15.9 Å². The van der Waals surface area contributed by atoms with Crippen LogP contribution in [0.15, 0.2) is 53.7 Å². The van der Waals surface area contributed by atoms with E-state index in [1.54, 1.807) is 23.4 Å². The monoisotopic (exact) mass is 426 g/mol. The number of rotatable bonds is 4. The fraction of sp³-hybridized carbons (Fsp3) is 0.263. The van der Waals surface area contributed by atoms with E-state index in [2.05, 4.69) is 41.1 Å². The van der Waals surface area contributed by atoms with Gasteiger partial charge in [0.2, 0.25) is 0 Å². The smallest absolute Gasteiger partial charge is 0.275 e. The summed E-state index contributed by atoms with van der Waals surface area (Å²) < 4.78 is 2.64. The van der Waals surface area contributed by atoms with Crippen LogP contribution in [0.4, 0.5) is 11.5 Å². The number of carbonyl (C=O) groups is 1. The maximum atomic E-state index is 12.4. The van der Waals surface area contributed by atoms with Crippen LogP contribution in [0.1, 0.15) is 29.8 Å². The number of anilines is 2. The predicted molar refractivity (Wildman–Crippen MR) is 107 cm³/mol. The molecule has 1 aliphatic heterocycles. The van der Waals surface area contributed by atoms with Crippen molar-refractivity contribution in [3.63, 3.8) is 0 Å². The summed E-state index contributed by atoms with van der Waals surface area (Å²) in [5.74, 6) is 1.34. The van der Waals surface area contributed by atoms with Gasteiger partial charge >= 0.3 is 0 Å². The largest absolute Gasteiger partial charge is 0.356 e. The van der Waals surface area contributed by atoms with Gasteiger partial charge in [0, 0.05) is 35.5 Å². The molecule has 4 rings (SSSR count). The van der Waals surface area contributed by atoms with Crippen LogP contribution in [-0.2, 0) is 0 Å². The zero-order chi connectivity index (χ0) is 18.6. The highest BCUT2D eigenvalue weighted by atomic mass is 79.9. The normalized spacial score (nSPS) is 14.2. The second-order valence-electron chi connectivity index (χ2n) is 6.41. The molecule has 138 valence electrons. The van der Waals surface area contributed by atoms with E-state index >= 15 is 0 Å². The minimum Gasteiger partial charge on any atom is -0.356 e. The maximum absolute atomic E-state index is 12.4. The Labute approximate surface area is 165 Å². The molecular weight excluding hydrogens is 408 g/mol. The van der Waals surface area contributed by atoms with Crippen LogP contribution in [0.2, 0.25) is 0 Å². The quantitative estimate of drug-likeness (QED) is 0.688. The number of halogens is 1. The van der Waals surface area contributed by atoms with Gasteiger partial charge in [-0.25, -0.2) is 15.0 Å². The molecule has 27 heavy (non-hydrogen) atoms. The van der Waals surface area contributed by atoms with Gasteiger partial charge in [0.05, 0.1) is 0 Å². The molecule has 1 N–H and O–H groups in total. The van der Waals surface area contributed by atoms with Crippen molar-refractivity contribution in [3.8, 4) is 5.82 Å². The lowest BCUT2D eigenvalue weighted by Crippen LogP contribution is -2.30. The van der Waals surface area contributed by atoms with Crippen molar-refractivity contribution in [3.05, 3.63) is 59.3 Å². The summed E-state index contributed by atoms with van der Waals surface area (Å²) in [6.07, 6.45) is 8.47. The SMILES string of the molecule is O=C(Nc1cccc(Br)c1)c1cn(-c2cc(N3CCCCC3)ncn2)cn1. The first-order chi connectivity index (χ1) is 13.2. The summed E-state index contributed by atoms with van der Waals surface area (Å²) >= 11 is 3.39. The summed E-state index contributed by atoms with van der Waals surface area (Å²) in [5, 5.41) is 2.84. The van der Waals surface area contributed by atoms with E-state index in [-0.39, 0.29) is 5.91 Å². The van der Waals surface area contributed by atoms with Gasteiger partial charge in [-0.05, 0) is 37.5 Å². The van der Waals surface area contributed by atoms with Crippen molar-refractivity contribution < 1.29 is 4.79 Å². The highest BCUT2D eigenvalue weighted by Crippen LogP contribution is 2.20. The molecule has 0 unspecified atom stereocenters. The van der Waals surface area contributed by atoms with Crippen molar-refractivity contribution >= 4 is 33.3 Å². The number of piperidine rings is 1. The molecule has 3 aromatic rings. The van der Waals surface area contributed by atoms with Gasteiger partial charge in [0.1, 0.15) is 30.0 Å². The van der Waals surface area contributed by atoms with Crippen LogP contribution in [-0.4, -0.2) is 38.5 Å². The molecule has 0 aliphatic carbocycles. The fourth-order valence-corrected chi connectivity index (χ4v) is 3.50. The van der Waals surface area contributed by atoms with E-state index in [0.29, 0.717) is 17.2 Å². The molecule has 0 saturated carbocycles. The van der Waals surface area contributed by atoms with Gasteiger partial charge in [0.25, 0.3) is 5.91 Å². The first-order valence-electron chi connectivity index (χ1n) is 8.87. The Bertz CT molecular complexity index is 951. The molecule has 1 fully saturated rings. The second kappa shape index (κ2) is 7.87. The van der Waals surface area contributed by atoms with E-state index < -0.39 is 0 Å². The molecule has 7 nitrogen and oxygen atoms in total. The molecule has 1 aliphatic rings. The average Bonchev–Trinajstić information content (AvgIpc) is 3.19.